The Morgan fingerprint density at radius 1 is 0.409 bits per heavy atom. The predicted octanol–water partition coefficient (Wildman–Crippen LogP) is 11.7. The van der Waals surface area contributed by atoms with Crippen LogP contribution >= 0.6 is 29.4 Å². The Kier molecular flexibility index (Phi) is 85.1. The van der Waals surface area contributed by atoms with Crippen molar-refractivity contribution in [2.45, 2.75) is 237 Å². The van der Waals surface area contributed by atoms with Crippen LogP contribution in [-0.2, 0) is 264 Å². The Labute approximate surface area is 659 Å². The second-order valence-corrected chi connectivity index (χ2v) is 25.2. The first-order chi connectivity index (χ1) is 56.6. The van der Waals surface area contributed by atoms with E-state index in [1.54, 1.807) is 12.3 Å². The number of carbonyl (C=O) groups is 4. The van der Waals surface area contributed by atoms with Crippen LogP contribution in [0.25, 0.3) is 0 Å². The van der Waals surface area contributed by atoms with E-state index in [2.05, 4.69) is 251 Å². The van der Waals surface area contributed by atoms with E-state index in [9.17, 15) is 28.6 Å². The summed E-state index contributed by atoms with van der Waals surface area (Å²) in [6, 6.07) is 5.48. The predicted molar refractivity (Wildman–Crippen MR) is 338 cm³/mol. The van der Waals surface area contributed by atoms with Crippen LogP contribution in [0.3, 0.4) is 0 Å². The van der Waals surface area contributed by atoms with Gasteiger partial charge in [-0.25, -0.2) is 19.2 Å². The molecule has 0 saturated heterocycles. The third-order valence-electron chi connectivity index (χ3n) is 12.9. The number of hydrogen-bond donors (Lipinski definition) is 3. The van der Waals surface area contributed by atoms with Gasteiger partial charge in [-0.3, -0.25) is 23.4 Å². The summed E-state index contributed by atoms with van der Waals surface area (Å²) in [6.45, 7) is 1.69. The zero-order valence-corrected chi connectivity index (χ0v) is 64.6. The van der Waals surface area contributed by atoms with Gasteiger partial charge in [0.25, 0.3) is 0 Å². The number of nitrogens with one attached hydrogen (secondary N) is 2. The van der Waals surface area contributed by atoms with Gasteiger partial charge in [0, 0.05) is 215 Å². The summed E-state index contributed by atoms with van der Waals surface area (Å²) in [7, 11) is -1.90. The molecule has 115 heavy (non-hydrogen) atoms. The number of aromatic nitrogens is 1. The van der Waals surface area contributed by atoms with Gasteiger partial charge in [-0.1, -0.05) is 210 Å². The summed E-state index contributed by atoms with van der Waals surface area (Å²) in [6.07, 6.45) is 37.1. The van der Waals surface area contributed by atoms with Crippen LogP contribution in [0.2, 0.25) is 0 Å². The van der Waals surface area contributed by atoms with E-state index in [1.165, 1.54) is 156 Å². The van der Waals surface area contributed by atoms with Crippen molar-refractivity contribution in [3.63, 3.8) is 0 Å². The molecule has 61 heteroatoms. The smallest absolute Gasteiger partial charge is 0.462 e. The number of hydrogen-bond acceptors (Lipinski definition) is 57. The summed E-state index contributed by atoms with van der Waals surface area (Å²) >= 11 is 0. The molecule has 0 spiro atoms. The second-order valence-electron chi connectivity index (χ2n) is 21.3. The maximum atomic E-state index is 12.9. The number of amides is 2. The first-order valence-corrected chi connectivity index (χ1v) is 38.8. The first kappa shape index (κ1) is 108. The molecule has 0 aliphatic heterocycles. The third kappa shape index (κ3) is 87.1. The average Bonchev–Trinajstić information content (AvgIpc) is 0.905. The number of rotatable bonds is 95. The van der Waals surface area contributed by atoms with Gasteiger partial charge < -0.3 is 34.6 Å². The fraction of sp³-hybridized carbons (Fsp3) is 0.796. The van der Waals surface area contributed by atoms with Crippen LogP contribution in [0.1, 0.15) is 226 Å². The molecule has 1 aromatic rings. The van der Waals surface area contributed by atoms with Gasteiger partial charge in [-0.15, -0.1) is 0 Å². The molecule has 0 saturated carbocycles. The van der Waals surface area contributed by atoms with Crippen LogP contribution in [0.4, 0.5) is 4.79 Å². The summed E-state index contributed by atoms with van der Waals surface area (Å²) in [5.74, 6) is -0.862. The van der Waals surface area contributed by atoms with Crippen molar-refractivity contribution >= 4 is 53.3 Å². The molecule has 0 radical (unpaired) electrons. The van der Waals surface area contributed by atoms with Crippen molar-refractivity contribution in [3.05, 3.63) is 36.9 Å². The van der Waals surface area contributed by atoms with Gasteiger partial charge >= 0.3 is 25.9 Å². The van der Waals surface area contributed by atoms with E-state index in [1.807, 2.05) is 12.1 Å². The lowest BCUT2D eigenvalue weighted by molar-refractivity contribution is -0.909. The molecule has 1 rings (SSSR count). The maximum absolute atomic E-state index is 12.9. The molecule has 2 atom stereocenters. The standard InChI is InChI=1S/C54H96N3O55PS2/c1-3-5-7-9-11-13-15-17-19-21-23-25-27-29-31-36-52(59)65-47-49(70-53(60)37-32-30-28-26-24-22-20-18-16-14-12-10-8-6-4-2)48-69-113(62,63)68-43-41-57-54(61)64-44-45-67-72-74-76-78-80-82-84-86-88-90-92-94-96-98-100-102-104-106-108-110-112-111-109-107-105-103-101-99-97-95-93-91-89-87-85-83-81-79-77-75-73-71-66-42-40-55-50(58)38-46-114-115-51-35-33-34-39-56-51/h33-35,39-40,42,49H,3-32,36-38,41,43-48H2,1-2H3,(H,55,58)(H,57,61)(H,62,63)/t49-/m1/s1. The van der Waals surface area contributed by atoms with E-state index in [0.717, 1.165) is 62.4 Å². The summed E-state index contributed by atoms with van der Waals surface area (Å²) in [5, 5.41) is 158. The Hall–Kier alpha value is -4.54. The van der Waals surface area contributed by atoms with Crippen LogP contribution in [-0.4, -0.2) is 85.3 Å². The molecule has 1 aromatic heterocycles. The quantitative estimate of drug-likeness (QED) is 0.00797. The van der Waals surface area contributed by atoms with E-state index < -0.39 is 65.0 Å². The molecule has 3 N–H and O–H groups in total. The number of nitrogens with zero attached hydrogens (tertiary/aromatic N) is 1. The minimum atomic E-state index is -4.77. The number of alkyl carbamates (subject to hydrolysis) is 1. The molecule has 0 aliphatic rings. The van der Waals surface area contributed by atoms with Gasteiger partial charge in [0.1, 0.15) is 31.1 Å². The molecule has 58 nitrogen and oxygen atoms in total. The Bertz CT molecular complexity index is 2330. The highest BCUT2D eigenvalue weighted by Gasteiger charge is 2.27. The summed E-state index contributed by atoms with van der Waals surface area (Å²) in [5.41, 5.74) is 0. The highest BCUT2D eigenvalue weighted by atomic mass is 33.1. The molecule has 1 unspecified atom stereocenters. The first-order valence-electron chi connectivity index (χ1n) is 35.0. The number of ether oxygens (including phenoxy) is 3. The number of esters is 2. The normalized spacial score (nSPS) is 12.4. The Morgan fingerprint density at radius 3 is 1.14 bits per heavy atom. The topological polar surface area (TPSA) is 595 Å². The van der Waals surface area contributed by atoms with Gasteiger partial charge in [0.05, 0.1) is 13.2 Å². The lowest BCUT2D eigenvalue weighted by atomic mass is 10.0. The molecule has 2 amide bonds. The minimum absolute atomic E-state index is 0.107. The van der Waals surface area contributed by atoms with Crippen LogP contribution < -0.4 is 10.6 Å². The van der Waals surface area contributed by atoms with Gasteiger partial charge in [0.2, 0.25) is 5.91 Å². The van der Waals surface area contributed by atoms with Gasteiger partial charge in [0.15, 0.2) is 6.10 Å². The van der Waals surface area contributed by atoms with Crippen molar-refractivity contribution in [1.29, 1.82) is 0 Å². The van der Waals surface area contributed by atoms with Crippen LogP contribution in [0.5, 0.6) is 0 Å². The number of phosphoric ester groups is 1. The van der Waals surface area contributed by atoms with Crippen molar-refractivity contribution in [3.8, 4) is 0 Å². The summed E-state index contributed by atoms with van der Waals surface area (Å²) < 4.78 is 38.5. The molecule has 674 valence electrons. The van der Waals surface area contributed by atoms with E-state index in [4.69, 9.17) is 23.3 Å². The van der Waals surface area contributed by atoms with Crippen LogP contribution in [0, 0.1) is 0 Å². The number of carbonyl (C=O) groups excluding carboxylic acids is 4. The number of pyridine rings is 1. The Balaban J connectivity index is 1.92. The van der Waals surface area contributed by atoms with Crippen molar-refractivity contribution in [1.82, 2.24) is 15.6 Å². The van der Waals surface area contributed by atoms with Crippen molar-refractivity contribution in [2.24, 2.45) is 0 Å². The highest BCUT2D eigenvalue weighted by molar-refractivity contribution is 8.76. The SMILES string of the molecule is CCCCCCCCCCCCCCCCCC(=O)OC[C@H](COP(=O)(O)OCCNC(=O)OCCOOOOOOOOOOOOOOOOOOOOOOOOOOOOOOOOOOOOOOOOOOOOC=CNC(=O)CCSSc1ccccn1)OC(=O)CCCCCCCCCCCCCCCCC. The lowest BCUT2D eigenvalue weighted by Gasteiger charge is -2.20. The van der Waals surface area contributed by atoms with Gasteiger partial charge in [-0.05, 0) is 76.1 Å². The molecule has 1 heterocycles. The van der Waals surface area contributed by atoms with Gasteiger partial charge in [-0.2, -0.15) is 0 Å². The largest absolute Gasteiger partial charge is 0.472 e. The monoisotopic (exact) mass is 1760 g/mol. The van der Waals surface area contributed by atoms with Crippen LogP contribution in [0.15, 0.2) is 41.9 Å². The summed E-state index contributed by atoms with van der Waals surface area (Å²) in [4.78, 5) is 72.4. The average molecular weight is 1760 g/mol. The molecular formula is C54H96N3O55PS2. The zero-order chi connectivity index (χ0) is 82.7. The fourth-order valence-corrected chi connectivity index (χ4v) is 10.7. The zero-order valence-electron chi connectivity index (χ0n) is 62.0. The minimum Gasteiger partial charge on any atom is -0.462 e. The van der Waals surface area contributed by atoms with E-state index in [0.29, 0.717) is 18.6 Å². The number of phosphoric acid groups is 1. The Morgan fingerprint density at radius 2 is 0.765 bits per heavy atom. The van der Waals surface area contributed by atoms with E-state index in [-0.39, 0.29) is 31.7 Å². The molecule has 0 bridgehead atoms. The molecule has 0 fully saturated rings. The highest BCUT2D eigenvalue weighted by Crippen LogP contribution is 2.43. The van der Waals surface area contributed by atoms with Crippen molar-refractivity contribution in [2.75, 3.05) is 45.3 Å². The molecular weight excluding hydrogens is 1670 g/mol. The maximum Gasteiger partial charge on any atom is 0.472 e. The second kappa shape index (κ2) is 90.2. The third-order valence-corrected chi connectivity index (χ3v) is 16.2. The number of unbranched alkanes of at least 4 members (excludes halogenated alkanes) is 28. The van der Waals surface area contributed by atoms with E-state index >= 15 is 0 Å². The molecule has 0 aliphatic carbocycles. The lowest BCUT2D eigenvalue weighted by Crippen LogP contribution is -2.30. The fourth-order valence-electron chi connectivity index (χ4n) is 8.05. The van der Waals surface area contributed by atoms with Crippen molar-refractivity contribution < 1.29 is 273 Å². The molecule has 0 aromatic carbocycles.